The first-order valence-corrected chi connectivity index (χ1v) is 32.9. The predicted octanol–water partition coefficient (Wildman–Crippen LogP) is 16.1. The van der Waals surface area contributed by atoms with E-state index in [0.717, 1.165) is 64.2 Å². The fourth-order valence-electron chi connectivity index (χ4n) is 12.6. The molecule has 2 aliphatic carbocycles. The highest BCUT2D eigenvalue weighted by Gasteiger charge is 2.34. The maximum absolute atomic E-state index is 13.6. The number of phenolic OH excluding ortho intramolecular Hbond substituents is 4. The summed E-state index contributed by atoms with van der Waals surface area (Å²) < 4.78 is 23.8. The van der Waals surface area contributed by atoms with Crippen LogP contribution in [-0.2, 0) is 40.8 Å². The van der Waals surface area contributed by atoms with Crippen molar-refractivity contribution in [1.29, 1.82) is 0 Å². The number of nitrogens with zero attached hydrogens (tertiary/aromatic N) is 4. The van der Waals surface area contributed by atoms with Crippen molar-refractivity contribution in [3.8, 4) is 46.0 Å². The second kappa shape index (κ2) is 30.6. The Bertz CT molecular complexity index is 3310. The number of phenols is 4. The molecule has 0 saturated heterocycles. The number of carbonyl (C=O) groups is 4. The number of rotatable bonds is 4. The highest BCUT2D eigenvalue weighted by Crippen LogP contribution is 2.45. The normalized spacial score (nSPS) is 22.0. The van der Waals surface area contributed by atoms with E-state index < -0.39 is 45.5 Å². The molecule has 4 unspecified atom stereocenters. The van der Waals surface area contributed by atoms with Crippen LogP contribution < -0.4 is 18.9 Å². The predicted molar refractivity (Wildman–Crippen MR) is 357 cm³/mol. The van der Waals surface area contributed by atoms with Crippen molar-refractivity contribution in [3.05, 3.63) is 93.0 Å². The average Bonchev–Trinajstić information content (AvgIpc) is 1.24. The first-order valence-electron chi connectivity index (χ1n) is 32.9. The lowest BCUT2D eigenvalue weighted by Crippen LogP contribution is -2.28. The van der Waals surface area contributed by atoms with Crippen LogP contribution in [0, 0.1) is 5.92 Å². The van der Waals surface area contributed by atoms with Gasteiger partial charge in [-0.25, -0.2) is 0 Å². The maximum Gasteiger partial charge on any atom is 0.311 e. The lowest BCUT2D eigenvalue weighted by Gasteiger charge is -2.35. The van der Waals surface area contributed by atoms with Gasteiger partial charge < -0.3 is 39.4 Å². The van der Waals surface area contributed by atoms with Crippen LogP contribution in [0.2, 0.25) is 0 Å². The Morgan fingerprint density at radius 2 is 0.600 bits per heavy atom. The van der Waals surface area contributed by atoms with Gasteiger partial charge in [-0.15, -0.1) is 0 Å². The van der Waals surface area contributed by atoms with Gasteiger partial charge in [0.15, 0.2) is 0 Å². The highest BCUT2D eigenvalue weighted by atomic mass is 16.5. The van der Waals surface area contributed by atoms with E-state index in [0.29, 0.717) is 88.8 Å². The zero-order chi connectivity index (χ0) is 65.7. The van der Waals surface area contributed by atoms with Crippen molar-refractivity contribution in [2.45, 2.75) is 264 Å². The number of ether oxygens (including phenoxy) is 4. The lowest BCUT2D eigenvalue weighted by molar-refractivity contribution is -0.136. The van der Waals surface area contributed by atoms with E-state index in [2.05, 4.69) is 27.7 Å². The van der Waals surface area contributed by atoms with Crippen molar-refractivity contribution in [2.24, 2.45) is 25.9 Å². The Balaban J connectivity index is 1.18. The number of carbonyl (C=O) groups excluding carboxylic acids is 4. The SMILES string of the molecule is CCC(CC)C(C)(C)c1cc2cc(c1O)/C=N/C1CCCCC1/N=C/c1cc(cc(C(C)(C)C)c1O)OC(=O)CCCCCC(=O)Oc1cc(c(O)c(C(C)(C)C)c1)/C=N/C1CCCCC1/N=C/c1cc(cc(C(C)(C)C)c1O)OC(=O)CCCCCC(=O)O2. The third-order valence-electron chi connectivity index (χ3n) is 18.0. The zero-order valence-electron chi connectivity index (χ0n) is 55.8. The molecule has 4 aromatic rings. The molecule has 2 saturated carbocycles. The first kappa shape index (κ1) is 70.1. The minimum atomic E-state index is -0.522. The largest absolute Gasteiger partial charge is 0.507 e. The van der Waals surface area contributed by atoms with E-state index in [1.807, 2.05) is 62.3 Å². The second-order valence-corrected chi connectivity index (χ2v) is 28.6. The van der Waals surface area contributed by atoms with E-state index in [-0.39, 0.29) is 96.0 Å². The zero-order valence-corrected chi connectivity index (χ0v) is 55.8. The van der Waals surface area contributed by atoms with Gasteiger partial charge in [-0.1, -0.05) is 141 Å². The van der Waals surface area contributed by atoms with E-state index in [1.54, 1.807) is 73.4 Å². The molecule has 4 N–H and O–H groups in total. The molecule has 2 fully saturated rings. The standard InChI is InChI=1S/C74H100N4O12/c1-14-50(15-2)74(12,13)58-41-54-37-49(70(58)86)45-78-62-29-25-24-28-61(62)77-44-48-36-53(40-57(69(48)85)73(9,10)11)88-64(80)31-19-16-18-30-63(79)87-51-34-46(67(83)55(38-51)71(3,4)5)42-75-59-26-22-23-27-60(59)76-43-47-35-52(39-56(68(47)84)72(6,7)8)89-65(81)32-20-17-21-33-66(82)90-54/h34-45,50,59-62,83-86H,14-33H2,1-13H3/b75-42+,76-43+,77-44+,78-45+. The molecule has 0 aromatic heterocycles. The number of hydrogen-bond donors (Lipinski definition) is 4. The number of hydrogen-bond acceptors (Lipinski definition) is 16. The summed E-state index contributed by atoms with van der Waals surface area (Å²) in [5.41, 5.74) is 1.94. The van der Waals surface area contributed by atoms with Crippen LogP contribution in [0.15, 0.2) is 68.5 Å². The van der Waals surface area contributed by atoms with Gasteiger partial charge in [0.2, 0.25) is 0 Å². The summed E-state index contributed by atoms with van der Waals surface area (Å²) in [5.74, 6) is -0.313. The minimum Gasteiger partial charge on any atom is -0.507 e. The Kier molecular flexibility index (Phi) is 23.9. The molecule has 1 aliphatic heterocycles. The van der Waals surface area contributed by atoms with Crippen LogP contribution in [0.1, 0.15) is 263 Å². The van der Waals surface area contributed by atoms with Crippen molar-refractivity contribution >= 4 is 48.7 Å². The van der Waals surface area contributed by atoms with Crippen molar-refractivity contribution in [2.75, 3.05) is 0 Å². The maximum atomic E-state index is 13.6. The van der Waals surface area contributed by atoms with E-state index in [4.69, 9.17) is 38.9 Å². The molecule has 4 aromatic carbocycles. The topological polar surface area (TPSA) is 236 Å². The molecular weight excluding hydrogens is 1140 g/mol. The minimum absolute atomic E-state index is 0.0322. The first-order chi connectivity index (χ1) is 42.5. The highest BCUT2D eigenvalue weighted by molar-refractivity contribution is 5.89. The van der Waals surface area contributed by atoms with E-state index >= 15 is 0 Å². The molecule has 0 radical (unpaired) electrons. The second-order valence-electron chi connectivity index (χ2n) is 28.6. The number of aliphatic imine (C=N–C) groups is 4. The van der Waals surface area contributed by atoms with Crippen LogP contribution in [0.3, 0.4) is 0 Å². The summed E-state index contributed by atoms with van der Waals surface area (Å²) in [6.07, 6.45) is 18.2. The lowest BCUT2D eigenvalue weighted by atomic mass is 9.70. The third-order valence-corrected chi connectivity index (χ3v) is 18.0. The number of fused-ring (bicyclic) bond motifs is 10. The summed E-state index contributed by atoms with van der Waals surface area (Å²) in [7, 11) is 0. The summed E-state index contributed by atoms with van der Waals surface area (Å²) in [6.45, 7) is 26.2. The van der Waals surface area contributed by atoms with Gasteiger partial charge in [-0.2, -0.15) is 0 Å². The molecular formula is C74H100N4O12. The van der Waals surface area contributed by atoms with Crippen LogP contribution in [0.25, 0.3) is 0 Å². The fourth-order valence-corrected chi connectivity index (χ4v) is 12.6. The molecule has 0 spiro atoms. The van der Waals surface area contributed by atoms with E-state index in [9.17, 15) is 39.6 Å². The molecule has 7 rings (SSSR count). The molecule has 488 valence electrons. The van der Waals surface area contributed by atoms with E-state index in [1.165, 1.54) is 0 Å². The summed E-state index contributed by atoms with van der Waals surface area (Å²) in [5, 5.41) is 47.0. The Labute approximate surface area is 534 Å². The third kappa shape index (κ3) is 18.9. The monoisotopic (exact) mass is 1240 g/mol. The van der Waals surface area contributed by atoms with Gasteiger partial charge in [-0.3, -0.25) is 39.1 Å². The average molecular weight is 1240 g/mol. The summed E-state index contributed by atoms with van der Waals surface area (Å²) in [6, 6.07) is 12.2. The molecule has 90 heavy (non-hydrogen) atoms. The van der Waals surface area contributed by atoms with Gasteiger partial charge in [0, 0.05) is 95.0 Å². The van der Waals surface area contributed by atoms with Gasteiger partial charge in [0.25, 0.3) is 0 Å². The van der Waals surface area contributed by atoms with Crippen molar-refractivity contribution < 1.29 is 58.6 Å². The molecule has 1 heterocycles. The van der Waals surface area contributed by atoms with Gasteiger partial charge >= 0.3 is 23.9 Å². The number of esters is 4. The van der Waals surface area contributed by atoms with Crippen LogP contribution in [0.4, 0.5) is 0 Å². The molecule has 3 aliphatic rings. The molecule has 0 amide bonds. The molecule has 8 bridgehead atoms. The fraction of sp³-hybridized carbons (Fsp3) is 0.568. The van der Waals surface area contributed by atoms with Gasteiger partial charge in [0.1, 0.15) is 46.0 Å². The Morgan fingerprint density at radius 1 is 0.367 bits per heavy atom. The number of benzene rings is 4. The van der Waals surface area contributed by atoms with Crippen molar-refractivity contribution in [1.82, 2.24) is 0 Å². The van der Waals surface area contributed by atoms with Crippen molar-refractivity contribution in [3.63, 3.8) is 0 Å². The quantitative estimate of drug-likeness (QED) is 0.110. The molecule has 16 heteroatoms. The smallest absolute Gasteiger partial charge is 0.311 e. The summed E-state index contributed by atoms with van der Waals surface area (Å²) in [4.78, 5) is 73.9. The Hall–Kier alpha value is -7.36. The Morgan fingerprint density at radius 3 is 0.833 bits per heavy atom. The van der Waals surface area contributed by atoms with Crippen LogP contribution in [0.5, 0.6) is 46.0 Å². The van der Waals surface area contributed by atoms with Gasteiger partial charge in [0.05, 0.1) is 24.2 Å². The van der Waals surface area contributed by atoms with Crippen LogP contribution in [-0.4, -0.2) is 93.3 Å². The molecule has 16 nitrogen and oxygen atoms in total. The summed E-state index contributed by atoms with van der Waals surface area (Å²) >= 11 is 0. The van der Waals surface area contributed by atoms with Gasteiger partial charge in [-0.05, 0) is 127 Å². The van der Waals surface area contributed by atoms with Crippen LogP contribution >= 0.6 is 0 Å². The molecule has 4 atom stereocenters. The number of aromatic hydroxyl groups is 4.